The Bertz CT molecular complexity index is 300. The van der Waals surface area contributed by atoms with Gasteiger partial charge in [0, 0.05) is 0 Å². The second-order valence-electron chi connectivity index (χ2n) is 4.68. The SMILES string of the molecule is CC1CCC2(NC(=O)N=C2N)C(C)C1. The molecule has 14 heavy (non-hydrogen) atoms. The number of aliphatic imine (C=N–C) groups is 1. The fourth-order valence-corrected chi connectivity index (χ4v) is 2.70. The van der Waals surface area contributed by atoms with Crippen LogP contribution in [0, 0.1) is 11.8 Å². The second kappa shape index (κ2) is 2.97. The summed E-state index contributed by atoms with van der Waals surface area (Å²) in [5.74, 6) is 1.60. The monoisotopic (exact) mass is 195 g/mol. The Labute approximate surface area is 84.0 Å². The van der Waals surface area contributed by atoms with Crippen LogP contribution in [0.2, 0.25) is 0 Å². The molecule has 1 aliphatic carbocycles. The van der Waals surface area contributed by atoms with Crippen LogP contribution in [0.1, 0.15) is 33.1 Å². The molecule has 1 aliphatic heterocycles. The number of nitrogens with two attached hydrogens (primary N) is 1. The highest BCUT2D eigenvalue weighted by Crippen LogP contribution is 2.38. The molecule has 2 aliphatic rings. The number of carbonyl (C=O) groups is 1. The van der Waals surface area contributed by atoms with Crippen molar-refractivity contribution in [2.24, 2.45) is 22.6 Å². The summed E-state index contributed by atoms with van der Waals surface area (Å²) in [5, 5.41) is 2.92. The van der Waals surface area contributed by atoms with Crippen molar-refractivity contribution in [3.05, 3.63) is 0 Å². The fraction of sp³-hybridized carbons (Fsp3) is 0.800. The number of rotatable bonds is 0. The minimum absolute atomic E-state index is 0.274. The molecule has 1 saturated carbocycles. The molecule has 0 aromatic carbocycles. The highest BCUT2D eigenvalue weighted by Gasteiger charge is 2.47. The molecule has 0 bridgehead atoms. The maximum atomic E-state index is 11.2. The van der Waals surface area contributed by atoms with Crippen molar-refractivity contribution in [1.29, 1.82) is 0 Å². The molecule has 1 fully saturated rings. The first-order valence-corrected chi connectivity index (χ1v) is 5.21. The van der Waals surface area contributed by atoms with Gasteiger partial charge in [-0.3, -0.25) is 0 Å². The predicted molar refractivity (Wildman–Crippen MR) is 55.1 cm³/mol. The maximum Gasteiger partial charge on any atom is 0.343 e. The van der Waals surface area contributed by atoms with Gasteiger partial charge in [-0.2, -0.15) is 4.99 Å². The largest absolute Gasteiger partial charge is 0.385 e. The Morgan fingerprint density at radius 3 is 2.79 bits per heavy atom. The summed E-state index contributed by atoms with van der Waals surface area (Å²) >= 11 is 0. The molecule has 3 N–H and O–H groups in total. The van der Waals surface area contributed by atoms with Gasteiger partial charge >= 0.3 is 6.03 Å². The van der Waals surface area contributed by atoms with E-state index < -0.39 is 0 Å². The van der Waals surface area contributed by atoms with E-state index >= 15 is 0 Å². The third kappa shape index (κ3) is 1.21. The third-order valence-electron chi connectivity index (χ3n) is 3.64. The van der Waals surface area contributed by atoms with E-state index in [0.29, 0.717) is 11.8 Å². The molecule has 4 nitrogen and oxygen atoms in total. The van der Waals surface area contributed by atoms with Crippen LogP contribution in [0.5, 0.6) is 0 Å². The van der Waals surface area contributed by atoms with E-state index in [4.69, 9.17) is 5.73 Å². The zero-order valence-electron chi connectivity index (χ0n) is 8.71. The zero-order chi connectivity index (χ0) is 10.3. The lowest BCUT2D eigenvalue weighted by molar-refractivity contribution is 0.188. The number of amides is 2. The molecular formula is C10H17N3O. The van der Waals surface area contributed by atoms with Crippen molar-refractivity contribution >= 4 is 11.9 Å². The van der Waals surface area contributed by atoms with Crippen LogP contribution in [0.25, 0.3) is 0 Å². The van der Waals surface area contributed by atoms with Gasteiger partial charge in [-0.1, -0.05) is 13.8 Å². The van der Waals surface area contributed by atoms with Gasteiger partial charge in [-0.15, -0.1) is 0 Å². The van der Waals surface area contributed by atoms with Crippen molar-refractivity contribution in [2.75, 3.05) is 0 Å². The molecule has 0 saturated heterocycles. The van der Waals surface area contributed by atoms with Gasteiger partial charge in [0.1, 0.15) is 11.4 Å². The van der Waals surface area contributed by atoms with Crippen LogP contribution in [-0.2, 0) is 0 Å². The molecule has 3 atom stereocenters. The van der Waals surface area contributed by atoms with Crippen LogP contribution in [0.3, 0.4) is 0 Å². The molecule has 0 aromatic heterocycles. The average molecular weight is 195 g/mol. The maximum absolute atomic E-state index is 11.2. The number of hydrogen-bond donors (Lipinski definition) is 2. The van der Waals surface area contributed by atoms with Gasteiger partial charge in [0.15, 0.2) is 0 Å². The van der Waals surface area contributed by atoms with E-state index in [1.165, 1.54) is 0 Å². The number of nitrogens with zero attached hydrogens (tertiary/aromatic N) is 1. The standard InChI is InChI=1S/C10H17N3O/c1-6-3-4-10(7(2)5-6)8(11)12-9(14)13-10/h6-7H,3-5H2,1-2H3,(H3,11,12,13,14). The number of amidine groups is 1. The Balaban J connectivity index is 2.25. The summed E-state index contributed by atoms with van der Waals surface area (Å²) in [6.07, 6.45) is 3.15. The van der Waals surface area contributed by atoms with Gasteiger partial charge in [-0.05, 0) is 31.1 Å². The number of hydrogen-bond acceptors (Lipinski definition) is 2. The lowest BCUT2D eigenvalue weighted by Gasteiger charge is -2.41. The quantitative estimate of drug-likeness (QED) is 0.611. The molecule has 0 radical (unpaired) electrons. The molecule has 2 amide bonds. The van der Waals surface area contributed by atoms with Crippen molar-refractivity contribution in [3.63, 3.8) is 0 Å². The minimum atomic E-state index is -0.330. The molecule has 4 heteroatoms. The first-order valence-electron chi connectivity index (χ1n) is 5.21. The van der Waals surface area contributed by atoms with Crippen molar-refractivity contribution in [1.82, 2.24) is 5.32 Å². The highest BCUT2D eigenvalue weighted by atomic mass is 16.2. The molecule has 2 rings (SSSR count). The Hall–Kier alpha value is -1.06. The van der Waals surface area contributed by atoms with Crippen LogP contribution >= 0.6 is 0 Å². The Morgan fingerprint density at radius 1 is 1.57 bits per heavy atom. The fourth-order valence-electron chi connectivity index (χ4n) is 2.70. The predicted octanol–water partition coefficient (Wildman–Crippen LogP) is 1.26. The number of carbonyl (C=O) groups excluding carboxylic acids is 1. The summed E-state index contributed by atoms with van der Waals surface area (Å²) in [6, 6.07) is -0.274. The van der Waals surface area contributed by atoms with Crippen LogP contribution in [0.4, 0.5) is 4.79 Å². The molecule has 0 aromatic rings. The normalized spacial score (nSPS) is 42.4. The Kier molecular flexibility index (Phi) is 2.01. The zero-order valence-corrected chi connectivity index (χ0v) is 8.71. The third-order valence-corrected chi connectivity index (χ3v) is 3.64. The van der Waals surface area contributed by atoms with E-state index in [-0.39, 0.29) is 11.6 Å². The summed E-state index contributed by atoms with van der Waals surface area (Å²) < 4.78 is 0. The molecule has 1 heterocycles. The molecule has 78 valence electrons. The second-order valence-corrected chi connectivity index (χ2v) is 4.68. The van der Waals surface area contributed by atoms with Gasteiger partial charge in [0.2, 0.25) is 0 Å². The van der Waals surface area contributed by atoms with Gasteiger partial charge in [0.05, 0.1) is 0 Å². The summed E-state index contributed by atoms with van der Waals surface area (Å²) in [7, 11) is 0. The van der Waals surface area contributed by atoms with Gasteiger partial charge in [0.25, 0.3) is 0 Å². The van der Waals surface area contributed by atoms with Gasteiger partial charge < -0.3 is 11.1 Å². The lowest BCUT2D eigenvalue weighted by Crippen LogP contribution is -2.58. The van der Waals surface area contributed by atoms with Crippen molar-refractivity contribution in [2.45, 2.75) is 38.6 Å². The van der Waals surface area contributed by atoms with E-state index in [1.54, 1.807) is 0 Å². The van der Waals surface area contributed by atoms with E-state index in [2.05, 4.69) is 24.2 Å². The first-order chi connectivity index (χ1) is 6.54. The van der Waals surface area contributed by atoms with Crippen molar-refractivity contribution in [3.8, 4) is 0 Å². The van der Waals surface area contributed by atoms with Crippen LogP contribution < -0.4 is 11.1 Å². The van der Waals surface area contributed by atoms with E-state index in [9.17, 15) is 4.79 Å². The van der Waals surface area contributed by atoms with E-state index in [1.807, 2.05) is 0 Å². The van der Waals surface area contributed by atoms with E-state index in [0.717, 1.165) is 25.2 Å². The summed E-state index contributed by atoms with van der Waals surface area (Å²) in [5.41, 5.74) is 5.51. The minimum Gasteiger partial charge on any atom is -0.385 e. The molecule has 3 unspecified atom stereocenters. The first kappa shape index (κ1) is 9.49. The number of urea groups is 1. The average Bonchev–Trinajstić information content (AvgIpc) is 2.37. The number of nitrogens with one attached hydrogen (secondary N) is 1. The summed E-state index contributed by atoms with van der Waals surface area (Å²) in [4.78, 5) is 15.0. The lowest BCUT2D eigenvalue weighted by atomic mass is 9.70. The Morgan fingerprint density at radius 2 is 2.29 bits per heavy atom. The van der Waals surface area contributed by atoms with Crippen molar-refractivity contribution < 1.29 is 4.79 Å². The summed E-state index contributed by atoms with van der Waals surface area (Å²) in [6.45, 7) is 4.39. The molecular weight excluding hydrogens is 178 g/mol. The van der Waals surface area contributed by atoms with Crippen LogP contribution in [0.15, 0.2) is 4.99 Å². The van der Waals surface area contributed by atoms with Gasteiger partial charge in [-0.25, -0.2) is 4.79 Å². The smallest absolute Gasteiger partial charge is 0.343 e. The highest BCUT2D eigenvalue weighted by molar-refractivity contribution is 6.06. The topological polar surface area (TPSA) is 67.5 Å². The molecule has 1 spiro atoms. The van der Waals surface area contributed by atoms with Crippen LogP contribution in [-0.4, -0.2) is 17.4 Å².